The molecule has 82 valence electrons. The highest BCUT2D eigenvalue weighted by Gasteiger charge is 2.15. The molecule has 0 atom stereocenters. The molecule has 0 aromatic heterocycles. The molecule has 1 fully saturated rings. The van der Waals surface area contributed by atoms with Crippen LogP contribution < -0.4 is 0 Å². The van der Waals surface area contributed by atoms with E-state index in [1.54, 1.807) is 0 Å². The molecule has 15 heavy (non-hydrogen) atoms. The van der Waals surface area contributed by atoms with Crippen LogP contribution in [-0.2, 0) is 0 Å². The molecule has 0 unspecified atom stereocenters. The normalized spacial score (nSPS) is 19.5. The maximum absolute atomic E-state index is 3.68. The molecule has 0 saturated heterocycles. The van der Waals surface area contributed by atoms with Gasteiger partial charge in [-0.2, -0.15) is 0 Å². The van der Waals surface area contributed by atoms with Crippen LogP contribution in [0.5, 0.6) is 0 Å². The van der Waals surface area contributed by atoms with Crippen LogP contribution in [0.4, 0.5) is 0 Å². The molecule has 1 aliphatic carbocycles. The smallest absolute Gasteiger partial charge is 0.0210 e. The van der Waals surface area contributed by atoms with Gasteiger partial charge in [0.15, 0.2) is 0 Å². The zero-order valence-corrected chi connectivity index (χ0v) is 10.8. The summed E-state index contributed by atoms with van der Waals surface area (Å²) in [6, 6.07) is 8.74. The van der Waals surface area contributed by atoms with Gasteiger partial charge in [0.1, 0.15) is 0 Å². The fraction of sp³-hybridized carbons (Fsp3) is 0.571. The van der Waals surface area contributed by atoms with Gasteiger partial charge in [-0.3, -0.25) is 0 Å². The number of hydrogen-bond donors (Lipinski definition) is 0. The average molecular weight is 267 g/mol. The second kappa shape index (κ2) is 5.69. The van der Waals surface area contributed by atoms with Crippen molar-refractivity contribution in [2.75, 3.05) is 0 Å². The van der Waals surface area contributed by atoms with Crippen LogP contribution in [0, 0.1) is 0 Å². The third kappa shape index (κ3) is 3.07. The number of halogens is 1. The quantitative estimate of drug-likeness (QED) is 0.649. The Balaban J connectivity index is 2.10. The summed E-state index contributed by atoms with van der Waals surface area (Å²) in [5, 5.41) is 0. The maximum Gasteiger partial charge on any atom is 0.0210 e. The Morgan fingerprint density at radius 2 is 1.47 bits per heavy atom. The van der Waals surface area contributed by atoms with Gasteiger partial charge in [0, 0.05) is 4.47 Å². The van der Waals surface area contributed by atoms with Crippen molar-refractivity contribution in [1.29, 1.82) is 0 Å². The maximum atomic E-state index is 3.68. The minimum absolute atomic E-state index is 0.792. The monoisotopic (exact) mass is 266 g/mol. The zero-order chi connectivity index (χ0) is 10.5. The molecule has 1 heteroatoms. The molecule has 2 rings (SSSR count). The molecule has 1 saturated carbocycles. The highest BCUT2D eigenvalue weighted by Crippen LogP contribution is 2.34. The Hall–Kier alpha value is -0.300. The molecule has 0 N–H and O–H groups in total. The van der Waals surface area contributed by atoms with E-state index >= 15 is 0 Å². The SMILES string of the molecule is Brc1ccccc1C1CCCCCCC1. The van der Waals surface area contributed by atoms with Crippen molar-refractivity contribution in [3.05, 3.63) is 34.3 Å². The summed E-state index contributed by atoms with van der Waals surface area (Å²) >= 11 is 3.68. The van der Waals surface area contributed by atoms with E-state index in [4.69, 9.17) is 0 Å². The molecule has 0 radical (unpaired) electrons. The van der Waals surface area contributed by atoms with Crippen molar-refractivity contribution in [2.24, 2.45) is 0 Å². The van der Waals surface area contributed by atoms with Crippen LogP contribution in [0.2, 0.25) is 0 Å². The molecule has 0 bridgehead atoms. The van der Waals surface area contributed by atoms with Crippen molar-refractivity contribution in [1.82, 2.24) is 0 Å². The standard InChI is InChI=1S/C14H19Br/c15-14-11-7-6-10-13(14)12-8-4-2-1-3-5-9-12/h6-7,10-12H,1-5,8-9H2. The summed E-state index contributed by atoms with van der Waals surface area (Å²) in [4.78, 5) is 0. The fourth-order valence-corrected chi connectivity index (χ4v) is 3.18. The van der Waals surface area contributed by atoms with Gasteiger partial charge in [0.2, 0.25) is 0 Å². The summed E-state index contributed by atoms with van der Waals surface area (Å²) in [5.41, 5.74) is 1.53. The van der Waals surface area contributed by atoms with E-state index in [2.05, 4.69) is 40.2 Å². The Kier molecular flexibility index (Phi) is 4.25. The second-order valence-electron chi connectivity index (χ2n) is 4.56. The number of benzene rings is 1. The second-order valence-corrected chi connectivity index (χ2v) is 5.42. The lowest BCUT2D eigenvalue weighted by Crippen LogP contribution is -2.02. The first-order valence-electron chi connectivity index (χ1n) is 6.12. The first-order chi connectivity index (χ1) is 7.38. The van der Waals surface area contributed by atoms with Crippen molar-refractivity contribution in [2.45, 2.75) is 50.9 Å². The molecular formula is C14H19Br. The van der Waals surface area contributed by atoms with Crippen LogP contribution in [0.25, 0.3) is 0 Å². The summed E-state index contributed by atoms with van der Waals surface area (Å²) in [5.74, 6) is 0.792. The molecule has 1 aromatic carbocycles. The molecular weight excluding hydrogens is 248 g/mol. The lowest BCUT2D eigenvalue weighted by molar-refractivity contribution is 0.455. The molecule has 1 aromatic rings. The van der Waals surface area contributed by atoms with Crippen LogP contribution in [-0.4, -0.2) is 0 Å². The number of hydrogen-bond acceptors (Lipinski definition) is 0. The van der Waals surface area contributed by atoms with E-state index in [0.29, 0.717) is 0 Å². The average Bonchev–Trinajstić information content (AvgIpc) is 2.19. The minimum Gasteiger partial charge on any atom is -0.0619 e. The summed E-state index contributed by atoms with van der Waals surface area (Å²) in [7, 11) is 0. The topological polar surface area (TPSA) is 0 Å². The van der Waals surface area contributed by atoms with E-state index in [0.717, 1.165) is 5.92 Å². The Labute approximate surface area is 101 Å². The lowest BCUT2D eigenvalue weighted by atomic mass is 9.86. The fourth-order valence-electron chi connectivity index (χ4n) is 2.57. The van der Waals surface area contributed by atoms with Crippen molar-refractivity contribution in [3.8, 4) is 0 Å². The highest BCUT2D eigenvalue weighted by molar-refractivity contribution is 9.10. The minimum atomic E-state index is 0.792. The van der Waals surface area contributed by atoms with Gasteiger partial charge in [-0.05, 0) is 30.4 Å². The first kappa shape index (κ1) is 11.2. The molecule has 0 amide bonds. The van der Waals surface area contributed by atoms with E-state index in [1.165, 1.54) is 55.0 Å². The van der Waals surface area contributed by atoms with Crippen LogP contribution in [0.15, 0.2) is 28.7 Å². The van der Waals surface area contributed by atoms with E-state index < -0.39 is 0 Å². The van der Waals surface area contributed by atoms with Gasteiger partial charge in [0.05, 0.1) is 0 Å². The van der Waals surface area contributed by atoms with Crippen LogP contribution in [0.3, 0.4) is 0 Å². The molecule has 0 spiro atoms. The highest BCUT2D eigenvalue weighted by atomic mass is 79.9. The Morgan fingerprint density at radius 3 is 2.13 bits per heavy atom. The molecule has 1 aliphatic rings. The van der Waals surface area contributed by atoms with Gasteiger partial charge in [-0.15, -0.1) is 0 Å². The van der Waals surface area contributed by atoms with E-state index in [1.807, 2.05) is 0 Å². The summed E-state index contributed by atoms with van der Waals surface area (Å²) < 4.78 is 1.30. The predicted octanol–water partition coefficient (Wildman–Crippen LogP) is 5.28. The Morgan fingerprint density at radius 1 is 0.867 bits per heavy atom. The van der Waals surface area contributed by atoms with Crippen LogP contribution >= 0.6 is 15.9 Å². The lowest BCUT2D eigenvalue weighted by Gasteiger charge is -2.21. The first-order valence-corrected chi connectivity index (χ1v) is 6.91. The Bertz CT molecular complexity index is 298. The number of rotatable bonds is 1. The van der Waals surface area contributed by atoms with E-state index in [-0.39, 0.29) is 0 Å². The predicted molar refractivity (Wildman–Crippen MR) is 69.2 cm³/mol. The van der Waals surface area contributed by atoms with Crippen LogP contribution in [0.1, 0.15) is 56.4 Å². The van der Waals surface area contributed by atoms with Crippen molar-refractivity contribution >= 4 is 15.9 Å². The summed E-state index contributed by atoms with van der Waals surface area (Å²) in [6.07, 6.45) is 9.88. The molecule has 0 heterocycles. The van der Waals surface area contributed by atoms with Gasteiger partial charge < -0.3 is 0 Å². The van der Waals surface area contributed by atoms with E-state index in [9.17, 15) is 0 Å². The van der Waals surface area contributed by atoms with Gasteiger partial charge in [0.25, 0.3) is 0 Å². The molecule has 0 nitrogen and oxygen atoms in total. The van der Waals surface area contributed by atoms with Gasteiger partial charge >= 0.3 is 0 Å². The zero-order valence-electron chi connectivity index (χ0n) is 9.21. The third-order valence-electron chi connectivity index (χ3n) is 3.45. The summed E-state index contributed by atoms with van der Waals surface area (Å²) in [6.45, 7) is 0. The largest absolute Gasteiger partial charge is 0.0619 e. The van der Waals surface area contributed by atoms with Gasteiger partial charge in [-0.25, -0.2) is 0 Å². The van der Waals surface area contributed by atoms with Crippen molar-refractivity contribution < 1.29 is 0 Å². The van der Waals surface area contributed by atoms with Crippen molar-refractivity contribution in [3.63, 3.8) is 0 Å². The molecule has 0 aliphatic heterocycles. The van der Waals surface area contributed by atoms with Gasteiger partial charge in [-0.1, -0.05) is 66.2 Å². The third-order valence-corrected chi connectivity index (χ3v) is 4.17.